The van der Waals surface area contributed by atoms with Crippen LogP contribution in [0.2, 0.25) is 0 Å². The van der Waals surface area contributed by atoms with E-state index in [2.05, 4.69) is 10.0 Å². The Kier molecular flexibility index (Phi) is 6.77. The van der Waals surface area contributed by atoms with Gasteiger partial charge in [-0.1, -0.05) is 6.92 Å². The van der Waals surface area contributed by atoms with Gasteiger partial charge in [0, 0.05) is 12.1 Å². The first kappa shape index (κ1) is 18.5. The molecule has 7 heteroatoms. The van der Waals surface area contributed by atoms with E-state index in [9.17, 15) is 8.42 Å². The number of rotatable bonds is 8. The Morgan fingerprint density at radius 2 is 2.00 bits per heavy atom. The van der Waals surface area contributed by atoms with Gasteiger partial charge in [0.25, 0.3) is 10.0 Å². The number of furan rings is 1. The summed E-state index contributed by atoms with van der Waals surface area (Å²) in [4.78, 5) is 0. The zero-order valence-corrected chi connectivity index (χ0v) is 15.0. The van der Waals surface area contributed by atoms with E-state index in [4.69, 9.17) is 4.42 Å². The Balaban J connectivity index is 2.62. The van der Waals surface area contributed by atoms with Gasteiger partial charge in [-0.3, -0.25) is 0 Å². The normalized spacial score (nSPS) is 14.3. The van der Waals surface area contributed by atoms with Crippen LogP contribution in [0.3, 0.4) is 0 Å². The lowest BCUT2D eigenvalue weighted by atomic mass is 10.1. The van der Waals surface area contributed by atoms with Crippen molar-refractivity contribution >= 4 is 21.8 Å². The summed E-state index contributed by atoms with van der Waals surface area (Å²) in [7, 11) is -3.56. The minimum Gasteiger partial charge on any atom is -0.447 e. The highest BCUT2D eigenvalue weighted by Crippen LogP contribution is 2.15. The minimum absolute atomic E-state index is 0.0236. The maximum absolute atomic E-state index is 12.1. The van der Waals surface area contributed by atoms with Gasteiger partial charge in [-0.25, -0.2) is 13.1 Å². The molecule has 0 aromatic carbocycles. The molecular formula is C14H26N2O3S2. The Hall–Kier alpha value is -0.500. The quantitative estimate of drug-likeness (QED) is 0.764. The number of sulfonamides is 1. The summed E-state index contributed by atoms with van der Waals surface area (Å²) in [6.07, 6.45) is 2.01. The van der Waals surface area contributed by atoms with Crippen molar-refractivity contribution in [3.63, 3.8) is 0 Å². The molecule has 1 aromatic heterocycles. The van der Waals surface area contributed by atoms with E-state index in [1.165, 1.54) is 6.07 Å². The Morgan fingerprint density at radius 3 is 2.57 bits per heavy atom. The largest absolute Gasteiger partial charge is 0.447 e. The molecule has 0 saturated heterocycles. The van der Waals surface area contributed by atoms with Crippen LogP contribution < -0.4 is 10.0 Å². The van der Waals surface area contributed by atoms with Crippen LogP contribution in [0.4, 0.5) is 0 Å². The van der Waals surface area contributed by atoms with Crippen molar-refractivity contribution in [2.24, 2.45) is 5.92 Å². The van der Waals surface area contributed by atoms with Crippen molar-refractivity contribution in [1.29, 1.82) is 0 Å². The van der Waals surface area contributed by atoms with Crippen molar-refractivity contribution in [2.45, 2.75) is 44.9 Å². The maximum Gasteiger partial charge on any atom is 0.273 e. The summed E-state index contributed by atoms with van der Waals surface area (Å²) in [5.74, 6) is 1.82. The minimum atomic E-state index is -3.56. The van der Waals surface area contributed by atoms with E-state index in [0.717, 1.165) is 5.75 Å². The van der Waals surface area contributed by atoms with Crippen molar-refractivity contribution in [1.82, 2.24) is 10.0 Å². The molecule has 5 nitrogen and oxygen atoms in total. The zero-order valence-electron chi connectivity index (χ0n) is 13.4. The number of thioether (sulfide) groups is 1. The van der Waals surface area contributed by atoms with Crippen LogP contribution in [-0.2, 0) is 16.6 Å². The second-order valence-electron chi connectivity index (χ2n) is 6.24. The summed E-state index contributed by atoms with van der Waals surface area (Å²) in [6, 6.07) is 3.19. The zero-order chi connectivity index (χ0) is 16.1. The summed E-state index contributed by atoms with van der Waals surface area (Å²) >= 11 is 1.70. The first-order valence-electron chi connectivity index (χ1n) is 6.96. The highest BCUT2D eigenvalue weighted by molar-refractivity contribution is 7.98. The third kappa shape index (κ3) is 6.86. The summed E-state index contributed by atoms with van der Waals surface area (Å²) in [5.41, 5.74) is -0.0443. The average molecular weight is 335 g/mol. The molecule has 0 aliphatic carbocycles. The van der Waals surface area contributed by atoms with Crippen LogP contribution in [0.5, 0.6) is 0 Å². The molecular weight excluding hydrogens is 308 g/mol. The van der Waals surface area contributed by atoms with Gasteiger partial charge >= 0.3 is 0 Å². The molecule has 1 atom stereocenters. The van der Waals surface area contributed by atoms with Gasteiger partial charge in [-0.05, 0) is 50.8 Å². The van der Waals surface area contributed by atoms with Gasteiger partial charge < -0.3 is 9.73 Å². The van der Waals surface area contributed by atoms with Crippen molar-refractivity contribution in [3.8, 4) is 0 Å². The molecule has 0 saturated carbocycles. The molecule has 1 unspecified atom stereocenters. The lowest BCUT2D eigenvalue weighted by Gasteiger charge is -2.19. The first-order valence-corrected chi connectivity index (χ1v) is 9.84. The Bertz CT molecular complexity index is 533. The van der Waals surface area contributed by atoms with Crippen LogP contribution in [0.1, 0.15) is 33.5 Å². The first-order chi connectivity index (χ1) is 9.64. The second kappa shape index (κ2) is 7.67. The van der Waals surface area contributed by atoms with E-state index in [0.29, 0.717) is 18.8 Å². The smallest absolute Gasteiger partial charge is 0.273 e. The van der Waals surface area contributed by atoms with Gasteiger partial charge in [0.1, 0.15) is 5.76 Å². The Labute approximate surface area is 132 Å². The van der Waals surface area contributed by atoms with Crippen LogP contribution in [0.15, 0.2) is 21.6 Å². The van der Waals surface area contributed by atoms with Crippen LogP contribution >= 0.6 is 11.8 Å². The fraction of sp³-hybridized carbons (Fsp3) is 0.714. The molecule has 0 fully saturated rings. The van der Waals surface area contributed by atoms with E-state index in [1.54, 1.807) is 17.8 Å². The lowest BCUT2D eigenvalue weighted by molar-refractivity contribution is 0.359. The van der Waals surface area contributed by atoms with Gasteiger partial charge in [0.2, 0.25) is 5.09 Å². The van der Waals surface area contributed by atoms with Gasteiger partial charge in [0.15, 0.2) is 0 Å². The second-order valence-corrected chi connectivity index (χ2v) is 8.85. The van der Waals surface area contributed by atoms with Crippen molar-refractivity contribution in [3.05, 3.63) is 17.9 Å². The third-order valence-corrected chi connectivity index (χ3v) is 4.97. The summed E-state index contributed by atoms with van der Waals surface area (Å²) in [6.45, 7) is 9.06. The highest BCUT2D eigenvalue weighted by Gasteiger charge is 2.20. The highest BCUT2D eigenvalue weighted by atomic mass is 32.2. The molecule has 0 spiro atoms. The predicted octanol–water partition coefficient (Wildman–Crippen LogP) is 2.45. The fourth-order valence-corrected chi connectivity index (χ4v) is 3.41. The molecule has 0 radical (unpaired) electrons. The fourth-order valence-electron chi connectivity index (χ4n) is 1.62. The molecule has 0 aliphatic rings. The topological polar surface area (TPSA) is 71.3 Å². The molecule has 122 valence electrons. The summed E-state index contributed by atoms with van der Waals surface area (Å²) < 4.78 is 32.3. The van der Waals surface area contributed by atoms with Crippen molar-refractivity contribution < 1.29 is 12.8 Å². The maximum atomic E-state index is 12.1. The average Bonchev–Trinajstić information content (AvgIpc) is 2.83. The molecule has 0 aliphatic heterocycles. The van der Waals surface area contributed by atoms with E-state index in [-0.39, 0.29) is 16.5 Å². The van der Waals surface area contributed by atoms with Gasteiger partial charge in [-0.15, -0.1) is 0 Å². The molecule has 1 aromatic rings. The molecule has 2 N–H and O–H groups in total. The van der Waals surface area contributed by atoms with E-state index >= 15 is 0 Å². The molecule has 21 heavy (non-hydrogen) atoms. The van der Waals surface area contributed by atoms with Crippen molar-refractivity contribution in [2.75, 3.05) is 18.6 Å². The number of hydrogen-bond acceptors (Lipinski definition) is 5. The molecule has 1 rings (SSSR count). The molecule has 0 bridgehead atoms. The van der Waals surface area contributed by atoms with E-state index < -0.39 is 10.0 Å². The summed E-state index contributed by atoms with van der Waals surface area (Å²) in [5, 5.41) is 3.23. The SMILES string of the molecule is CSCC(C)CNS(=O)(=O)c1ccc(CNC(C)(C)C)o1. The van der Waals surface area contributed by atoms with Crippen LogP contribution in [-0.4, -0.2) is 32.5 Å². The van der Waals surface area contributed by atoms with Crippen LogP contribution in [0.25, 0.3) is 0 Å². The molecule has 0 amide bonds. The number of nitrogens with one attached hydrogen (secondary N) is 2. The standard InChI is InChI=1S/C14H26N2O3S2/c1-11(10-20-5)8-16-21(17,18)13-7-6-12(19-13)9-15-14(2,3)4/h6-7,11,15-16H,8-10H2,1-5H3. The Morgan fingerprint density at radius 1 is 1.33 bits per heavy atom. The van der Waals surface area contributed by atoms with Crippen LogP contribution in [0, 0.1) is 5.92 Å². The monoisotopic (exact) mass is 334 g/mol. The van der Waals surface area contributed by atoms with E-state index in [1.807, 2.05) is 34.0 Å². The molecule has 1 heterocycles. The predicted molar refractivity (Wildman–Crippen MR) is 88.0 cm³/mol. The third-order valence-electron chi connectivity index (χ3n) is 2.77. The lowest BCUT2D eigenvalue weighted by Crippen LogP contribution is -2.34. The van der Waals surface area contributed by atoms with Gasteiger partial charge in [-0.2, -0.15) is 11.8 Å². The number of hydrogen-bond donors (Lipinski definition) is 2. The van der Waals surface area contributed by atoms with Gasteiger partial charge in [0.05, 0.1) is 6.54 Å².